The smallest absolute Gasteiger partial charge is 0.291 e. The number of aryl methyl sites for hydroxylation is 2. The number of amides is 2. The van der Waals surface area contributed by atoms with Crippen LogP contribution in [-0.4, -0.2) is 65.9 Å². The predicted molar refractivity (Wildman–Crippen MR) is 101 cm³/mol. The molecule has 0 saturated carbocycles. The van der Waals surface area contributed by atoms with Crippen molar-refractivity contribution in [2.75, 3.05) is 44.2 Å². The molecule has 0 N–H and O–H groups in total. The highest BCUT2D eigenvalue weighted by atomic mass is 16.4. The summed E-state index contributed by atoms with van der Waals surface area (Å²) in [6.07, 6.45) is 0. The van der Waals surface area contributed by atoms with E-state index in [0.29, 0.717) is 24.7 Å². The van der Waals surface area contributed by atoms with Gasteiger partial charge < -0.3 is 19.1 Å². The molecule has 0 unspecified atom stereocenters. The van der Waals surface area contributed by atoms with Gasteiger partial charge in [0.05, 0.1) is 11.6 Å². The summed E-state index contributed by atoms with van der Waals surface area (Å²) in [5.41, 5.74) is 1.80. The maximum Gasteiger partial charge on any atom is 0.291 e. The second-order valence-electron chi connectivity index (χ2n) is 7.20. The first-order chi connectivity index (χ1) is 13.0. The van der Waals surface area contributed by atoms with Crippen LogP contribution in [0.5, 0.6) is 0 Å². The number of oxazole rings is 1. The van der Waals surface area contributed by atoms with Crippen LogP contribution in [0.1, 0.15) is 22.1 Å². The molecule has 0 spiro atoms. The van der Waals surface area contributed by atoms with Gasteiger partial charge in [0.2, 0.25) is 11.7 Å². The summed E-state index contributed by atoms with van der Waals surface area (Å²) < 4.78 is 5.40. The van der Waals surface area contributed by atoms with E-state index >= 15 is 0 Å². The quantitative estimate of drug-likeness (QED) is 0.825. The number of carbonyl (C=O) groups is 2. The molecule has 0 radical (unpaired) electrons. The number of aromatic nitrogens is 1. The van der Waals surface area contributed by atoms with E-state index in [0.717, 1.165) is 26.2 Å². The Morgan fingerprint density at radius 2 is 1.67 bits per heavy atom. The Kier molecular flexibility index (Phi) is 4.59. The summed E-state index contributed by atoms with van der Waals surface area (Å²) >= 11 is 0. The average molecular weight is 368 g/mol. The predicted octanol–water partition coefficient (Wildman–Crippen LogP) is 1.71. The van der Waals surface area contributed by atoms with Crippen molar-refractivity contribution in [1.82, 2.24) is 14.8 Å². The van der Waals surface area contributed by atoms with Gasteiger partial charge in [-0.15, -0.1) is 0 Å². The number of likely N-dealkylation sites (tertiary alicyclic amines) is 1. The molecule has 0 atom stereocenters. The number of nitrogens with zero attached hydrogens (tertiary/aromatic N) is 4. The van der Waals surface area contributed by atoms with Gasteiger partial charge >= 0.3 is 0 Å². The Labute approximate surface area is 158 Å². The van der Waals surface area contributed by atoms with Gasteiger partial charge in [-0.3, -0.25) is 9.59 Å². The molecule has 2 aromatic rings. The lowest BCUT2D eigenvalue weighted by molar-refractivity contribution is -0.140. The molecule has 0 bridgehead atoms. The minimum atomic E-state index is -0.175. The van der Waals surface area contributed by atoms with Crippen molar-refractivity contribution < 1.29 is 14.0 Å². The molecule has 27 heavy (non-hydrogen) atoms. The maximum absolute atomic E-state index is 12.7. The fourth-order valence-corrected chi connectivity index (χ4v) is 3.76. The van der Waals surface area contributed by atoms with E-state index in [4.69, 9.17) is 4.42 Å². The third kappa shape index (κ3) is 3.41. The van der Waals surface area contributed by atoms with Crippen molar-refractivity contribution in [3.05, 3.63) is 47.7 Å². The lowest BCUT2D eigenvalue weighted by Gasteiger charge is -2.42. The van der Waals surface area contributed by atoms with E-state index in [1.807, 2.05) is 23.1 Å². The molecule has 4 rings (SSSR count). The zero-order valence-corrected chi connectivity index (χ0v) is 15.7. The molecule has 3 heterocycles. The molecule has 0 aliphatic carbocycles. The van der Waals surface area contributed by atoms with E-state index in [2.05, 4.69) is 22.0 Å². The summed E-state index contributed by atoms with van der Waals surface area (Å²) in [5.74, 6) is 0.639. The van der Waals surface area contributed by atoms with Crippen molar-refractivity contribution in [2.24, 2.45) is 5.92 Å². The normalized spacial score (nSPS) is 17.8. The Balaban J connectivity index is 1.28. The number of rotatable bonds is 3. The van der Waals surface area contributed by atoms with Gasteiger partial charge in [-0.25, -0.2) is 4.98 Å². The molecule has 2 fully saturated rings. The summed E-state index contributed by atoms with van der Waals surface area (Å²) in [4.78, 5) is 35.2. The van der Waals surface area contributed by atoms with E-state index in [1.54, 1.807) is 18.7 Å². The van der Waals surface area contributed by atoms with Gasteiger partial charge in [-0.05, 0) is 19.1 Å². The zero-order chi connectivity index (χ0) is 19.0. The van der Waals surface area contributed by atoms with E-state index in [-0.39, 0.29) is 23.5 Å². The van der Waals surface area contributed by atoms with Gasteiger partial charge in [0.15, 0.2) is 5.89 Å². The molecule has 2 aliphatic rings. The number of hydrogen-bond acceptors (Lipinski definition) is 5. The van der Waals surface area contributed by atoms with Crippen LogP contribution in [0.4, 0.5) is 5.69 Å². The fourth-order valence-electron chi connectivity index (χ4n) is 3.76. The lowest BCUT2D eigenvalue weighted by atomic mass is 9.97. The minimum Gasteiger partial charge on any atom is -0.436 e. The standard InChI is InChI=1S/C20H24N4O3/c1-14-18(27-15(2)21-14)20(26)24-12-16(13-24)19(25)23-10-8-22(9-11-23)17-6-4-3-5-7-17/h3-7,16H,8-13H2,1-2H3. The minimum absolute atomic E-state index is 0.110. The Morgan fingerprint density at radius 3 is 2.26 bits per heavy atom. The number of para-hydroxylation sites is 1. The number of carbonyl (C=O) groups excluding carboxylic acids is 2. The molecule has 1 aromatic carbocycles. The molecule has 2 saturated heterocycles. The van der Waals surface area contributed by atoms with Crippen molar-refractivity contribution in [2.45, 2.75) is 13.8 Å². The van der Waals surface area contributed by atoms with Crippen LogP contribution >= 0.6 is 0 Å². The first-order valence-electron chi connectivity index (χ1n) is 9.35. The number of anilines is 1. The van der Waals surface area contributed by atoms with Crippen molar-refractivity contribution in [1.29, 1.82) is 0 Å². The van der Waals surface area contributed by atoms with Gasteiger partial charge in [0.25, 0.3) is 5.91 Å². The molecular formula is C20H24N4O3. The zero-order valence-electron chi connectivity index (χ0n) is 15.7. The van der Waals surface area contributed by atoms with Gasteiger partial charge in [0, 0.05) is 51.9 Å². The second kappa shape index (κ2) is 7.06. The Hall–Kier alpha value is -2.83. The Bertz CT molecular complexity index is 834. The first-order valence-corrected chi connectivity index (χ1v) is 9.35. The summed E-state index contributed by atoms with van der Waals surface area (Å²) in [5, 5.41) is 0. The monoisotopic (exact) mass is 368 g/mol. The van der Waals surface area contributed by atoms with E-state index < -0.39 is 0 Å². The van der Waals surface area contributed by atoms with Crippen LogP contribution in [0.2, 0.25) is 0 Å². The largest absolute Gasteiger partial charge is 0.436 e. The van der Waals surface area contributed by atoms with Crippen LogP contribution in [0, 0.1) is 19.8 Å². The van der Waals surface area contributed by atoms with E-state index in [9.17, 15) is 9.59 Å². The second-order valence-corrected chi connectivity index (χ2v) is 7.20. The lowest BCUT2D eigenvalue weighted by Crippen LogP contribution is -2.59. The maximum atomic E-state index is 12.7. The highest BCUT2D eigenvalue weighted by molar-refractivity contribution is 5.94. The molecule has 2 amide bonds. The van der Waals surface area contributed by atoms with Crippen molar-refractivity contribution in [3.63, 3.8) is 0 Å². The van der Waals surface area contributed by atoms with Gasteiger partial charge in [0.1, 0.15) is 0 Å². The van der Waals surface area contributed by atoms with Crippen molar-refractivity contribution in [3.8, 4) is 0 Å². The summed E-state index contributed by atoms with van der Waals surface area (Å²) in [6.45, 7) is 7.51. The van der Waals surface area contributed by atoms with Gasteiger partial charge in [-0.2, -0.15) is 0 Å². The number of piperazine rings is 1. The SMILES string of the molecule is Cc1nc(C)c(C(=O)N2CC(C(=O)N3CCN(c4ccccc4)CC3)C2)o1. The van der Waals surface area contributed by atoms with Crippen LogP contribution in [0.3, 0.4) is 0 Å². The molecule has 7 heteroatoms. The number of benzene rings is 1. The molecule has 7 nitrogen and oxygen atoms in total. The van der Waals surface area contributed by atoms with Crippen LogP contribution < -0.4 is 4.90 Å². The molecular weight excluding hydrogens is 344 g/mol. The highest BCUT2D eigenvalue weighted by Gasteiger charge is 2.40. The van der Waals surface area contributed by atoms with Crippen molar-refractivity contribution >= 4 is 17.5 Å². The average Bonchev–Trinajstić information content (AvgIpc) is 2.99. The third-order valence-electron chi connectivity index (χ3n) is 5.33. The fraction of sp³-hybridized carbons (Fsp3) is 0.450. The van der Waals surface area contributed by atoms with Crippen LogP contribution in [0.25, 0.3) is 0 Å². The topological polar surface area (TPSA) is 69.9 Å². The highest BCUT2D eigenvalue weighted by Crippen LogP contribution is 2.24. The van der Waals surface area contributed by atoms with Crippen LogP contribution in [-0.2, 0) is 4.79 Å². The molecule has 2 aliphatic heterocycles. The first kappa shape index (κ1) is 17.6. The molecule has 1 aromatic heterocycles. The summed E-state index contributed by atoms with van der Waals surface area (Å²) in [7, 11) is 0. The van der Waals surface area contributed by atoms with Crippen LogP contribution in [0.15, 0.2) is 34.7 Å². The Morgan fingerprint density at radius 1 is 1.00 bits per heavy atom. The molecule has 142 valence electrons. The summed E-state index contributed by atoms with van der Waals surface area (Å²) in [6, 6.07) is 10.3. The third-order valence-corrected chi connectivity index (χ3v) is 5.33. The number of hydrogen-bond donors (Lipinski definition) is 0. The van der Waals surface area contributed by atoms with E-state index in [1.165, 1.54) is 5.69 Å². The van der Waals surface area contributed by atoms with Gasteiger partial charge in [-0.1, -0.05) is 18.2 Å².